The second-order valence-corrected chi connectivity index (χ2v) is 3.87. The fraction of sp³-hybridized carbons (Fsp3) is 1.00. The van der Waals surface area contributed by atoms with Crippen LogP contribution in [0.3, 0.4) is 0 Å². The monoisotopic (exact) mass is 191 g/mol. The van der Waals surface area contributed by atoms with Gasteiger partial charge in [-0.2, -0.15) is 0 Å². The molecule has 1 fully saturated rings. The number of hydrogen-bond donors (Lipinski definition) is 1. The minimum Gasteiger partial charge on any atom is -0.316 e. The Labute approximate surface area is 65.3 Å². The third-order valence-corrected chi connectivity index (χ3v) is 3.15. The molecule has 1 N–H and O–H groups in total. The van der Waals surface area contributed by atoms with E-state index in [1.54, 1.807) is 0 Å². The predicted octanol–water partition coefficient (Wildman–Crippen LogP) is 1.91. The maximum Gasteiger partial charge on any atom is 0.0299 e. The smallest absolute Gasteiger partial charge is 0.0299 e. The van der Waals surface area contributed by atoms with E-state index in [4.69, 9.17) is 0 Å². The van der Waals surface area contributed by atoms with Gasteiger partial charge in [-0.1, -0.05) is 28.8 Å². The van der Waals surface area contributed by atoms with E-state index in [-0.39, 0.29) is 0 Å². The lowest BCUT2D eigenvalue weighted by molar-refractivity contribution is 0.410. The van der Waals surface area contributed by atoms with E-state index in [2.05, 4.69) is 21.2 Å². The molecule has 2 heteroatoms. The Bertz CT molecular complexity index is 85.0. The van der Waals surface area contributed by atoms with Gasteiger partial charge < -0.3 is 5.32 Å². The van der Waals surface area contributed by atoms with Gasteiger partial charge >= 0.3 is 0 Å². The first-order valence-electron chi connectivity index (χ1n) is 3.66. The molecule has 54 valence electrons. The van der Waals surface area contributed by atoms with Crippen LogP contribution in [0.15, 0.2) is 0 Å². The zero-order valence-electron chi connectivity index (χ0n) is 5.86. The Balaban J connectivity index is 2.30. The molecule has 0 saturated heterocycles. The third-order valence-electron chi connectivity index (χ3n) is 2.05. The summed E-state index contributed by atoms with van der Waals surface area (Å²) in [4.78, 5) is 0.719. The van der Waals surface area contributed by atoms with Crippen LogP contribution in [0.25, 0.3) is 0 Å². The lowest BCUT2D eigenvalue weighted by atomic mass is 9.96. The minimum atomic E-state index is 0.719. The van der Waals surface area contributed by atoms with E-state index in [1.165, 1.54) is 25.7 Å². The largest absolute Gasteiger partial charge is 0.316 e. The molecule has 1 nitrogen and oxygen atoms in total. The van der Waals surface area contributed by atoms with E-state index in [9.17, 15) is 0 Å². The standard InChI is InChI=1S/C7H14BrN/c1-9-7-5-3-2-4-6(7)8/h6-7,9H,2-5H2,1H3. The molecular weight excluding hydrogens is 178 g/mol. The maximum atomic E-state index is 3.65. The van der Waals surface area contributed by atoms with Gasteiger partial charge in [0, 0.05) is 10.9 Å². The van der Waals surface area contributed by atoms with Gasteiger partial charge in [-0.25, -0.2) is 0 Å². The molecule has 2 atom stereocenters. The van der Waals surface area contributed by atoms with E-state index >= 15 is 0 Å². The van der Waals surface area contributed by atoms with Crippen molar-refractivity contribution in [3.05, 3.63) is 0 Å². The van der Waals surface area contributed by atoms with Crippen molar-refractivity contribution in [3.63, 3.8) is 0 Å². The average Bonchev–Trinajstić information content (AvgIpc) is 1.89. The van der Waals surface area contributed by atoms with Crippen LogP contribution in [0, 0.1) is 0 Å². The zero-order chi connectivity index (χ0) is 6.69. The van der Waals surface area contributed by atoms with Crippen molar-refractivity contribution in [1.82, 2.24) is 5.32 Å². The highest BCUT2D eigenvalue weighted by Crippen LogP contribution is 2.23. The summed E-state index contributed by atoms with van der Waals surface area (Å²) in [6.45, 7) is 0. The molecule has 1 saturated carbocycles. The summed E-state index contributed by atoms with van der Waals surface area (Å²) < 4.78 is 0. The van der Waals surface area contributed by atoms with E-state index in [1.807, 2.05) is 7.05 Å². The Morgan fingerprint density at radius 1 is 1.33 bits per heavy atom. The molecule has 1 aliphatic carbocycles. The first kappa shape index (κ1) is 7.55. The summed E-state index contributed by atoms with van der Waals surface area (Å²) in [5.41, 5.74) is 0. The molecule has 0 bridgehead atoms. The van der Waals surface area contributed by atoms with Crippen molar-refractivity contribution in [3.8, 4) is 0 Å². The molecule has 0 aromatic rings. The molecular formula is C7H14BrN. The zero-order valence-corrected chi connectivity index (χ0v) is 7.45. The number of alkyl halides is 1. The Kier molecular flexibility index (Phi) is 2.99. The van der Waals surface area contributed by atoms with Gasteiger partial charge in [-0.15, -0.1) is 0 Å². The summed E-state index contributed by atoms with van der Waals surface area (Å²) in [5, 5.41) is 3.31. The van der Waals surface area contributed by atoms with Crippen LogP contribution in [0.1, 0.15) is 25.7 Å². The molecule has 0 spiro atoms. The van der Waals surface area contributed by atoms with Crippen LogP contribution in [-0.2, 0) is 0 Å². The van der Waals surface area contributed by atoms with Crippen molar-refractivity contribution < 1.29 is 0 Å². The van der Waals surface area contributed by atoms with Crippen molar-refractivity contribution >= 4 is 15.9 Å². The highest BCUT2D eigenvalue weighted by Gasteiger charge is 2.19. The van der Waals surface area contributed by atoms with Crippen molar-refractivity contribution in [2.45, 2.75) is 36.6 Å². The molecule has 0 aliphatic heterocycles. The lowest BCUT2D eigenvalue weighted by Crippen LogP contribution is -2.36. The van der Waals surface area contributed by atoms with Crippen LogP contribution >= 0.6 is 15.9 Å². The highest BCUT2D eigenvalue weighted by molar-refractivity contribution is 9.09. The third kappa shape index (κ3) is 1.94. The summed E-state index contributed by atoms with van der Waals surface area (Å²) in [6, 6.07) is 0.721. The number of halogens is 1. The number of nitrogens with one attached hydrogen (secondary N) is 1. The Morgan fingerprint density at radius 3 is 2.44 bits per heavy atom. The molecule has 1 rings (SSSR count). The molecule has 0 aromatic carbocycles. The summed E-state index contributed by atoms with van der Waals surface area (Å²) in [7, 11) is 2.05. The van der Waals surface area contributed by atoms with Crippen molar-refractivity contribution in [2.24, 2.45) is 0 Å². The molecule has 9 heavy (non-hydrogen) atoms. The Morgan fingerprint density at radius 2 is 2.00 bits per heavy atom. The molecule has 1 aliphatic rings. The van der Waals surface area contributed by atoms with E-state index < -0.39 is 0 Å². The van der Waals surface area contributed by atoms with Crippen LogP contribution in [-0.4, -0.2) is 17.9 Å². The fourth-order valence-corrected chi connectivity index (χ4v) is 2.26. The normalized spacial score (nSPS) is 36.7. The van der Waals surface area contributed by atoms with Gasteiger partial charge in [-0.05, 0) is 19.9 Å². The first-order valence-corrected chi connectivity index (χ1v) is 4.57. The van der Waals surface area contributed by atoms with Gasteiger partial charge in [0.15, 0.2) is 0 Å². The van der Waals surface area contributed by atoms with Gasteiger partial charge in [-0.3, -0.25) is 0 Å². The predicted molar refractivity (Wildman–Crippen MR) is 44.0 cm³/mol. The van der Waals surface area contributed by atoms with Gasteiger partial charge in [0.2, 0.25) is 0 Å². The van der Waals surface area contributed by atoms with Crippen LogP contribution < -0.4 is 5.32 Å². The summed E-state index contributed by atoms with van der Waals surface area (Å²) >= 11 is 3.65. The van der Waals surface area contributed by atoms with E-state index in [0.29, 0.717) is 0 Å². The molecule has 0 amide bonds. The Hall–Kier alpha value is 0.440. The second-order valence-electron chi connectivity index (χ2n) is 2.70. The number of rotatable bonds is 1. The van der Waals surface area contributed by atoms with Crippen LogP contribution in [0.5, 0.6) is 0 Å². The van der Waals surface area contributed by atoms with Gasteiger partial charge in [0.25, 0.3) is 0 Å². The first-order chi connectivity index (χ1) is 4.34. The maximum absolute atomic E-state index is 3.65. The summed E-state index contributed by atoms with van der Waals surface area (Å²) in [5.74, 6) is 0. The van der Waals surface area contributed by atoms with Crippen LogP contribution in [0.2, 0.25) is 0 Å². The second kappa shape index (κ2) is 3.57. The lowest BCUT2D eigenvalue weighted by Gasteiger charge is -2.26. The molecule has 0 aromatic heterocycles. The highest BCUT2D eigenvalue weighted by atomic mass is 79.9. The quantitative estimate of drug-likeness (QED) is 0.625. The minimum absolute atomic E-state index is 0.719. The van der Waals surface area contributed by atoms with Gasteiger partial charge in [0.1, 0.15) is 0 Å². The number of hydrogen-bond acceptors (Lipinski definition) is 1. The molecule has 0 heterocycles. The fourth-order valence-electron chi connectivity index (χ4n) is 1.41. The molecule has 0 radical (unpaired) electrons. The summed E-state index contributed by atoms with van der Waals surface area (Å²) in [6.07, 6.45) is 5.47. The van der Waals surface area contributed by atoms with Crippen molar-refractivity contribution in [2.75, 3.05) is 7.05 Å². The SMILES string of the molecule is CNC1CCCCC1Br. The van der Waals surface area contributed by atoms with Gasteiger partial charge in [0.05, 0.1) is 0 Å². The van der Waals surface area contributed by atoms with Crippen LogP contribution in [0.4, 0.5) is 0 Å². The molecule has 2 unspecified atom stereocenters. The average molecular weight is 192 g/mol. The van der Waals surface area contributed by atoms with Crippen molar-refractivity contribution in [1.29, 1.82) is 0 Å². The topological polar surface area (TPSA) is 12.0 Å². The van der Waals surface area contributed by atoms with E-state index in [0.717, 1.165) is 10.9 Å².